The predicted molar refractivity (Wildman–Crippen MR) is 100 cm³/mol. The van der Waals surface area contributed by atoms with Crippen molar-refractivity contribution in [2.45, 2.75) is 19.8 Å². The van der Waals surface area contributed by atoms with Gasteiger partial charge < -0.3 is 20.9 Å². The van der Waals surface area contributed by atoms with Crippen LogP contribution in [0.25, 0.3) is 0 Å². The Morgan fingerprint density at radius 2 is 2.00 bits per heavy atom. The van der Waals surface area contributed by atoms with Crippen molar-refractivity contribution in [3.8, 4) is 0 Å². The third-order valence-electron chi connectivity index (χ3n) is 4.05. The lowest BCUT2D eigenvalue weighted by Gasteiger charge is -2.17. The molecule has 2 aromatic rings. The number of carbonyl (C=O) groups is 1. The van der Waals surface area contributed by atoms with Crippen LogP contribution in [0.5, 0.6) is 0 Å². The Morgan fingerprint density at radius 3 is 2.77 bits per heavy atom. The molecule has 1 fully saturated rings. The first-order chi connectivity index (χ1) is 12.6. The molecular formula is C18H23FN6O. The van der Waals surface area contributed by atoms with E-state index in [0.29, 0.717) is 24.6 Å². The van der Waals surface area contributed by atoms with Crippen molar-refractivity contribution in [1.82, 2.24) is 15.3 Å². The van der Waals surface area contributed by atoms with Gasteiger partial charge in [-0.15, -0.1) is 0 Å². The number of nitrogens with one attached hydrogen (secondary N) is 3. The maximum Gasteiger partial charge on any atom is 0.319 e. The van der Waals surface area contributed by atoms with Gasteiger partial charge in [0.25, 0.3) is 0 Å². The topological polar surface area (TPSA) is 82.2 Å². The van der Waals surface area contributed by atoms with Crippen LogP contribution in [0, 0.1) is 12.7 Å². The number of nitrogens with zero attached hydrogens (tertiary/aromatic N) is 3. The van der Waals surface area contributed by atoms with Gasteiger partial charge in [-0.2, -0.15) is 0 Å². The molecule has 0 aliphatic carbocycles. The summed E-state index contributed by atoms with van der Waals surface area (Å²) >= 11 is 0. The van der Waals surface area contributed by atoms with Crippen LogP contribution >= 0.6 is 0 Å². The Balaban J connectivity index is 1.45. The summed E-state index contributed by atoms with van der Waals surface area (Å²) in [5.74, 6) is 2.01. The Labute approximate surface area is 152 Å². The number of urea groups is 1. The fraction of sp³-hybridized carbons (Fsp3) is 0.389. The third kappa shape index (κ3) is 5.05. The predicted octanol–water partition coefficient (Wildman–Crippen LogP) is 2.76. The van der Waals surface area contributed by atoms with E-state index in [1.165, 1.54) is 25.0 Å². The van der Waals surface area contributed by atoms with Gasteiger partial charge in [0.05, 0.1) is 0 Å². The molecule has 3 rings (SSSR count). The highest BCUT2D eigenvalue weighted by atomic mass is 19.1. The second kappa shape index (κ2) is 8.46. The van der Waals surface area contributed by atoms with Gasteiger partial charge in [0.1, 0.15) is 23.3 Å². The third-order valence-corrected chi connectivity index (χ3v) is 4.05. The first-order valence-electron chi connectivity index (χ1n) is 8.75. The lowest BCUT2D eigenvalue weighted by atomic mass is 10.3. The average molecular weight is 358 g/mol. The zero-order valence-electron chi connectivity index (χ0n) is 14.8. The molecule has 1 aromatic heterocycles. The minimum atomic E-state index is -0.391. The maximum atomic E-state index is 13.1. The molecule has 1 aliphatic rings. The molecule has 7 nitrogen and oxygen atoms in total. The van der Waals surface area contributed by atoms with E-state index in [9.17, 15) is 9.18 Å². The van der Waals surface area contributed by atoms with E-state index in [2.05, 4.69) is 30.8 Å². The first kappa shape index (κ1) is 17.9. The summed E-state index contributed by atoms with van der Waals surface area (Å²) in [5.41, 5.74) is 0.414. The second-order valence-electron chi connectivity index (χ2n) is 6.17. The average Bonchev–Trinajstić information content (AvgIpc) is 3.13. The zero-order valence-corrected chi connectivity index (χ0v) is 14.8. The van der Waals surface area contributed by atoms with Gasteiger partial charge in [-0.25, -0.2) is 19.2 Å². The number of rotatable bonds is 6. The number of anilines is 3. The van der Waals surface area contributed by atoms with Crippen LogP contribution in [-0.2, 0) is 0 Å². The summed E-state index contributed by atoms with van der Waals surface area (Å²) in [6.45, 7) is 4.85. The molecular weight excluding hydrogens is 335 g/mol. The van der Waals surface area contributed by atoms with E-state index in [0.717, 1.165) is 24.7 Å². The minimum absolute atomic E-state index is 0.381. The summed E-state index contributed by atoms with van der Waals surface area (Å²) in [6, 6.07) is 7.32. The van der Waals surface area contributed by atoms with Gasteiger partial charge >= 0.3 is 6.03 Å². The fourth-order valence-electron chi connectivity index (χ4n) is 2.86. The van der Waals surface area contributed by atoms with Crippen molar-refractivity contribution in [3.63, 3.8) is 0 Å². The van der Waals surface area contributed by atoms with Gasteiger partial charge in [0.15, 0.2) is 0 Å². The second-order valence-corrected chi connectivity index (χ2v) is 6.17. The molecule has 1 saturated heterocycles. The SMILES string of the molecule is Cc1nc(NCCNC(=O)Nc2cccc(F)c2)cc(N2CCCC2)n1. The molecule has 0 spiro atoms. The summed E-state index contributed by atoms with van der Waals surface area (Å²) < 4.78 is 13.1. The standard InChI is InChI=1S/C18H23FN6O/c1-13-22-16(12-17(23-13)25-9-2-3-10-25)20-7-8-21-18(26)24-15-6-4-5-14(19)11-15/h4-6,11-12H,2-3,7-10H2,1H3,(H,20,22,23)(H2,21,24,26). The van der Waals surface area contributed by atoms with E-state index in [1.807, 2.05) is 13.0 Å². The van der Waals surface area contributed by atoms with Gasteiger partial charge in [0, 0.05) is 37.9 Å². The van der Waals surface area contributed by atoms with Crippen molar-refractivity contribution < 1.29 is 9.18 Å². The van der Waals surface area contributed by atoms with Gasteiger partial charge in [-0.05, 0) is 38.0 Å². The van der Waals surface area contributed by atoms with Crippen LogP contribution in [0.3, 0.4) is 0 Å². The van der Waals surface area contributed by atoms with Crippen molar-refractivity contribution in [3.05, 3.63) is 42.0 Å². The zero-order chi connectivity index (χ0) is 18.4. The van der Waals surface area contributed by atoms with E-state index in [4.69, 9.17) is 0 Å². The molecule has 0 atom stereocenters. The van der Waals surface area contributed by atoms with Gasteiger partial charge in [-0.1, -0.05) is 6.07 Å². The molecule has 3 N–H and O–H groups in total. The monoisotopic (exact) mass is 358 g/mol. The molecule has 2 amide bonds. The number of benzene rings is 1. The highest BCUT2D eigenvalue weighted by Gasteiger charge is 2.14. The van der Waals surface area contributed by atoms with E-state index in [1.54, 1.807) is 12.1 Å². The lowest BCUT2D eigenvalue weighted by Crippen LogP contribution is -2.32. The van der Waals surface area contributed by atoms with Gasteiger partial charge in [0.2, 0.25) is 0 Å². The van der Waals surface area contributed by atoms with Crippen LogP contribution in [0.4, 0.5) is 26.5 Å². The fourth-order valence-corrected chi connectivity index (χ4v) is 2.86. The highest BCUT2D eigenvalue weighted by molar-refractivity contribution is 5.89. The van der Waals surface area contributed by atoms with Crippen molar-refractivity contribution in [2.24, 2.45) is 0 Å². The van der Waals surface area contributed by atoms with E-state index >= 15 is 0 Å². The Morgan fingerprint density at radius 1 is 1.19 bits per heavy atom. The summed E-state index contributed by atoms with van der Waals surface area (Å²) in [7, 11) is 0. The summed E-state index contributed by atoms with van der Waals surface area (Å²) in [4.78, 5) is 22.9. The molecule has 138 valence electrons. The Hall–Kier alpha value is -2.90. The number of amides is 2. The molecule has 26 heavy (non-hydrogen) atoms. The van der Waals surface area contributed by atoms with Crippen molar-refractivity contribution in [1.29, 1.82) is 0 Å². The quantitative estimate of drug-likeness (QED) is 0.692. The molecule has 1 aromatic carbocycles. The summed E-state index contributed by atoms with van der Waals surface area (Å²) in [5, 5.41) is 8.50. The summed E-state index contributed by atoms with van der Waals surface area (Å²) in [6.07, 6.45) is 2.38. The smallest absolute Gasteiger partial charge is 0.319 e. The van der Waals surface area contributed by atoms with Crippen LogP contribution in [0.2, 0.25) is 0 Å². The number of aromatic nitrogens is 2. The van der Waals surface area contributed by atoms with Crippen molar-refractivity contribution >= 4 is 23.4 Å². The molecule has 1 aliphatic heterocycles. The van der Waals surface area contributed by atoms with Crippen molar-refractivity contribution in [2.75, 3.05) is 41.7 Å². The van der Waals surface area contributed by atoms with Gasteiger partial charge in [-0.3, -0.25) is 0 Å². The molecule has 8 heteroatoms. The Kier molecular flexibility index (Phi) is 5.83. The number of carbonyl (C=O) groups excluding carboxylic acids is 1. The van der Waals surface area contributed by atoms with E-state index in [-0.39, 0.29) is 6.03 Å². The minimum Gasteiger partial charge on any atom is -0.368 e. The largest absolute Gasteiger partial charge is 0.368 e. The molecule has 0 radical (unpaired) electrons. The highest BCUT2D eigenvalue weighted by Crippen LogP contribution is 2.20. The number of hydrogen-bond donors (Lipinski definition) is 3. The number of hydrogen-bond acceptors (Lipinski definition) is 5. The van der Waals surface area contributed by atoms with Crippen LogP contribution in [0.1, 0.15) is 18.7 Å². The lowest BCUT2D eigenvalue weighted by molar-refractivity contribution is 0.252. The number of aryl methyl sites for hydroxylation is 1. The van der Waals surface area contributed by atoms with E-state index < -0.39 is 5.82 Å². The van der Waals surface area contributed by atoms with Crippen LogP contribution < -0.4 is 20.9 Å². The number of halogens is 1. The molecule has 2 heterocycles. The van der Waals surface area contributed by atoms with Crippen LogP contribution in [0.15, 0.2) is 30.3 Å². The molecule has 0 bridgehead atoms. The molecule has 0 saturated carbocycles. The van der Waals surface area contributed by atoms with Crippen LogP contribution in [-0.4, -0.2) is 42.2 Å². The Bertz CT molecular complexity index is 763. The molecule has 0 unspecified atom stereocenters. The normalized spacial score (nSPS) is 13.5. The first-order valence-corrected chi connectivity index (χ1v) is 8.75. The maximum absolute atomic E-state index is 13.1.